The first-order valence-electron chi connectivity index (χ1n) is 6.43. The van der Waals surface area contributed by atoms with Gasteiger partial charge in [-0.3, -0.25) is 0 Å². The number of halogens is 1. The van der Waals surface area contributed by atoms with Crippen molar-refractivity contribution >= 4 is 15.9 Å². The molecule has 0 amide bonds. The summed E-state index contributed by atoms with van der Waals surface area (Å²) >= 11 is 3.49. The smallest absolute Gasteiger partial charge is 0.174 e. The molecule has 0 heterocycles. The number of rotatable bonds is 8. The van der Waals surface area contributed by atoms with Gasteiger partial charge in [-0.05, 0) is 46.5 Å². The molecule has 0 saturated heterocycles. The van der Waals surface area contributed by atoms with E-state index < -0.39 is 0 Å². The quantitative estimate of drug-likeness (QED) is 0.768. The van der Waals surface area contributed by atoms with Gasteiger partial charge in [-0.1, -0.05) is 6.92 Å². The van der Waals surface area contributed by atoms with Crippen LogP contribution < -0.4 is 14.8 Å². The minimum atomic E-state index is 0.198. The highest BCUT2D eigenvalue weighted by Gasteiger charge is 2.11. The fraction of sp³-hybridized carbons (Fsp3) is 0.571. The summed E-state index contributed by atoms with van der Waals surface area (Å²) in [5.74, 6) is 1.72. The second kappa shape index (κ2) is 8.40. The molecule has 0 aromatic heterocycles. The highest BCUT2D eigenvalue weighted by atomic mass is 79.9. The fourth-order valence-electron chi connectivity index (χ4n) is 1.71. The van der Waals surface area contributed by atoms with E-state index in [4.69, 9.17) is 14.6 Å². The van der Waals surface area contributed by atoms with Crippen molar-refractivity contribution < 1.29 is 14.6 Å². The first-order chi connectivity index (χ1) is 9.12. The van der Waals surface area contributed by atoms with Crippen molar-refractivity contribution in [3.8, 4) is 11.5 Å². The van der Waals surface area contributed by atoms with Crippen LogP contribution in [0.2, 0.25) is 0 Å². The molecule has 0 aliphatic rings. The molecule has 0 bridgehead atoms. The highest BCUT2D eigenvalue weighted by molar-refractivity contribution is 9.10. The maximum atomic E-state index is 8.97. The summed E-state index contributed by atoms with van der Waals surface area (Å²) in [4.78, 5) is 0. The lowest BCUT2D eigenvalue weighted by Gasteiger charge is -2.14. The van der Waals surface area contributed by atoms with Crippen LogP contribution in [0.4, 0.5) is 0 Å². The van der Waals surface area contributed by atoms with Crippen molar-refractivity contribution in [3.63, 3.8) is 0 Å². The van der Waals surface area contributed by atoms with Crippen LogP contribution in [0.5, 0.6) is 11.5 Å². The fourth-order valence-corrected chi connectivity index (χ4v) is 2.36. The molecule has 0 aliphatic carbocycles. The Labute approximate surface area is 123 Å². The van der Waals surface area contributed by atoms with Crippen molar-refractivity contribution in [2.24, 2.45) is 5.92 Å². The summed E-state index contributed by atoms with van der Waals surface area (Å²) in [5, 5.41) is 12.3. The highest BCUT2D eigenvalue weighted by Crippen LogP contribution is 2.36. The van der Waals surface area contributed by atoms with Gasteiger partial charge in [0, 0.05) is 19.7 Å². The largest absolute Gasteiger partial charge is 0.492 e. The van der Waals surface area contributed by atoms with Gasteiger partial charge in [0.1, 0.15) is 0 Å². The molecule has 0 spiro atoms. The van der Waals surface area contributed by atoms with Crippen molar-refractivity contribution in [1.82, 2.24) is 5.32 Å². The maximum Gasteiger partial charge on any atom is 0.174 e. The lowest BCUT2D eigenvalue weighted by Crippen LogP contribution is -2.22. The molecular weight excluding hydrogens is 310 g/mol. The summed E-state index contributed by atoms with van der Waals surface area (Å²) in [6, 6.07) is 3.99. The van der Waals surface area contributed by atoms with Gasteiger partial charge in [0.15, 0.2) is 11.5 Å². The van der Waals surface area contributed by atoms with Gasteiger partial charge < -0.3 is 19.9 Å². The zero-order chi connectivity index (χ0) is 14.3. The van der Waals surface area contributed by atoms with Crippen molar-refractivity contribution in [1.29, 1.82) is 0 Å². The molecule has 2 N–H and O–H groups in total. The lowest BCUT2D eigenvalue weighted by atomic mass is 10.1. The zero-order valence-electron chi connectivity index (χ0n) is 11.7. The van der Waals surface area contributed by atoms with E-state index in [-0.39, 0.29) is 12.5 Å². The molecule has 1 unspecified atom stereocenters. The number of methoxy groups -OCH3 is 1. The molecule has 19 heavy (non-hydrogen) atoms. The predicted octanol–water partition coefficient (Wildman–Crippen LogP) is 2.57. The van der Waals surface area contributed by atoms with Crippen LogP contribution in [0, 0.1) is 5.92 Å². The average molecular weight is 332 g/mol. The van der Waals surface area contributed by atoms with Crippen LogP contribution in [0.25, 0.3) is 0 Å². The molecular formula is C14H22BrNO3. The Bertz CT molecular complexity index is 399. The van der Waals surface area contributed by atoms with Gasteiger partial charge in [0.25, 0.3) is 0 Å². The van der Waals surface area contributed by atoms with Crippen molar-refractivity contribution in [3.05, 3.63) is 22.2 Å². The first-order valence-corrected chi connectivity index (χ1v) is 7.22. The molecule has 0 radical (unpaired) electrons. The van der Waals surface area contributed by atoms with Crippen molar-refractivity contribution in [2.45, 2.75) is 20.4 Å². The Morgan fingerprint density at radius 3 is 2.74 bits per heavy atom. The molecule has 1 aromatic carbocycles. The number of nitrogens with one attached hydrogen (secondary N) is 1. The Hall–Kier alpha value is -0.780. The molecule has 108 valence electrons. The first kappa shape index (κ1) is 16.3. The lowest BCUT2D eigenvalue weighted by molar-refractivity contribution is 0.233. The third-order valence-corrected chi connectivity index (χ3v) is 3.30. The molecule has 0 saturated carbocycles. The monoisotopic (exact) mass is 331 g/mol. The number of hydrogen-bond donors (Lipinski definition) is 2. The summed E-state index contributed by atoms with van der Waals surface area (Å²) in [6.45, 7) is 6.26. The molecule has 1 atom stereocenters. The summed E-state index contributed by atoms with van der Waals surface area (Å²) in [7, 11) is 1.63. The standard InChI is InChI=1S/C14H22BrNO3/c1-4-19-13-6-11(5-12(15)14(13)18-3)8-16-7-10(2)9-17/h5-6,10,16-17H,4,7-9H2,1-3H3. The van der Waals surface area contributed by atoms with Crippen LogP contribution in [0.1, 0.15) is 19.4 Å². The molecule has 1 rings (SSSR count). The summed E-state index contributed by atoms with van der Waals surface area (Å²) in [5.41, 5.74) is 1.11. The minimum absolute atomic E-state index is 0.198. The minimum Gasteiger partial charge on any atom is -0.492 e. The Kier molecular flexibility index (Phi) is 7.20. The second-order valence-electron chi connectivity index (χ2n) is 4.46. The van der Waals surface area contributed by atoms with E-state index in [1.165, 1.54) is 0 Å². The van der Waals surface area contributed by atoms with Crippen LogP contribution in [-0.4, -0.2) is 32.0 Å². The normalized spacial score (nSPS) is 12.3. The maximum absolute atomic E-state index is 8.97. The van der Waals surface area contributed by atoms with E-state index in [0.717, 1.165) is 28.9 Å². The summed E-state index contributed by atoms with van der Waals surface area (Å²) < 4.78 is 11.8. The predicted molar refractivity (Wildman–Crippen MR) is 79.8 cm³/mol. The molecule has 0 fully saturated rings. The van der Waals surface area contributed by atoms with E-state index in [9.17, 15) is 0 Å². The number of aliphatic hydroxyl groups excluding tert-OH is 1. The van der Waals surface area contributed by atoms with Crippen LogP contribution >= 0.6 is 15.9 Å². The van der Waals surface area contributed by atoms with Crippen LogP contribution in [-0.2, 0) is 6.54 Å². The van der Waals surface area contributed by atoms with E-state index in [2.05, 4.69) is 21.2 Å². The molecule has 0 aliphatic heterocycles. The summed E-state index contributed by atoms with van der Waals surface area (Å²) in [6.07, 6.45) is 0. The van der Waals surface area contributed by atoms with Crippen molar-refractivity contribution in [2.75, 3.05) is 26.9 Å². The number of aliphatic hydroxyl groups is 1. The number of benzene rings is 1. The van der Waals surface area contributed by atoms with Crippen LogP contribution in [0.3, 0.4) is 0 Å². The zero-order valence-corrected chi connectivity index (χ0v) is 13.3. The average Bonchev–Trinajstić information content (AvgIpc) is 2.38. The van der Waals surface area contributed by atoms with Crippen LogP contribution in [0.15, 0.2) is 16.6 Å². The second-order valence-corrected chi connectivity index (χ2v) is 5.32. The number of hydrogen-bond acceptors (Lipinski definition) is 4. The van der Waals surface area contributed by atoms with E-state index in [0.29, 0.717) is 12.4 Å². The van der Waals surface area contributed by atoms with Gasteiger partial charge in [0.05, 0.1) is 18.2 Å². The van der Waals surface area contributed by atoms with Gasteiger partial charge in [0.2, 0.25) is 0 Å². The Morgan fingerprint density at radius 1 is 1.42 bits per heavy atom. The number of ether oxygens (including phenoxy) is 2. The van der Waals surface area contributed by atoms with Gasteiger partial charge in [-0.2, -0.15) is 0 Å². The van der Waals surface area contributed by atoms with E-state index >= 15 is 0 Å². The molecule has 1 aromatic rings. The van der Waals surface area contributed by atoms with E-state index in [1.54, 1.807) is 7.11 Å². The topological polar surface area (TPSA) is 50.7 Å². The SMILES string of the molecule is CCOc1cc(CNCC(C)CO)cc(Br)c1OC. The van der Waals surface area contributed by atoms with E-state index in [1.807, 2.05) is 26.0 Å². The van der Waals surface area contributed by atoms with Gasteiger partial charge >= 0.3 is 0 Å². The third-order valence-electron chi connectivity index (χ3n) is 2.71. The Morgan fingerprint density at radius 2 is 2.16 bits per heavy atom. The Balaban J connectivity index is 2.73. The third kappa shape index (κ3) is 5.01. The van der Waals surface area contributed by atoms with Gasteiger partial charge in [-0.25, -0.2) is 0 Å². The van der Waals surface area contributed by atoms with Gasteiger partial charge in [-0.15, -0.1) is 0 Å². The molecule has 5 heteroatoms. The molecule has 4 nitrogen and oxygen atoms in total.